The zero-order valence-corrected chi connectivity index (χ0v) is 10.6. The number of carboxylic acid groups (broad SMARTS) is 1. The van der Waals surface area contributed by atoms with Gasteiger partial charge in [-0.3, -0.25) is 4.79 Å². The van der Waals surface area contributed by atoms with E-state index in [4.69, 9.17) is 10.8 Å². The Balaban J connectivity index is 2.46. The lowest BCUT2D eigenvalue weighted by Gasteiger charge is -2.16. The summed E-state index contributed by atoms with van der Waals surface area (Å²) in [6, 6.07) is -0.902. The fourth-order valence-electron chi connectivity index (χ4n) is 1.69. The summed E-state index contributed by atoms with van der Waals surface area (Å²) in [5, 5.41) is 11.5. The predicted octanol–water partition coefficient (Wildman–Crippen LogP) is 0.212. The van der Waals surface area contributed by atoms with Gasteiger partial charge >= 0.3 is 5.97 Å². The highest BCUT2D eigenvalue weighted by Crippen LogP contribution is 2.16. The molecule has 0 aromatic rings. The maximum atomic E-state index is 11.8. The Morgan fingerprint density at radius 1 is 1.59 bits per heavy atom. The first-order valence-electron chi connectivity index (χ1n) is 5.50. The molecule has 1 aliphatic rings. The average Bonchev–Trinajstić information content (AvgIpc) is 2.70. The lowest BCUT2D eigenvalue weighted by molar-refractivity contribution is -0.142. The summed E-state index contributed by atoms with van der Waals surface area (Å²) in [7, 11) is 0. The van der Waals surface area contributed by atoms with Crippen molar-refractivity contribution >= 4 is 23.6 Å². The van der Waals surface area contributed by atoms with Crippen LogP contribution in [0.1, 0.15) is 12.8 Å². The Labute approximate surface area is 105 Å². The Kier molecular flexibility index (Phi) is 5.50. The van der Waals surface area contributed by atoms with Crippen molar-refractivity contribution in [2.75, 3.05) is 12.0 Å². The second-order valence-corrected chi connectivity index (χ2v) is 5.06. The Hall–Kier alpha value is -1.01. The number of rotatable bonds is 6. The normalized spacial score (nSPS) is 24.6. The summed E-state index contributed by atoms with van der Waals surface area (Å²) < 4.78 is 0. The van der Waals surface area contributed by atoms with Crippen LogP contribution in [0, 0.1) is 5.92 Å². The molecule has 3 atom stereocenters. The molecule has 6 heteroatoms. The van der Waals surface area contributed by atoms with Crippen molar-refractivity contribution in [2.45, 2.75) is 24.9 Å². The molecule has 0 saturated carbocycles. The van der Waals surface area contributed by atoms with Gasteiger partial charge in [0.2, 0.25) is 5.91 Å². The molecule has 4 N–H and O–H groups in total. The predicted molar refractivity (Wildman–Crippen MR) is 67.8 cm³/mol. The number of carboxylic acids is 1. The molecule has 1 aliphatic carbocycles. The van der Waals surface area contributed by atoms with E-state index in [-0.39, 0.29) is 17.9 Å². The van der Waals surface area contributed by atoms with Crippen molar-refractivity contribution in [3.8, 4) is 0 Å². The van der Waals surface area contributed by atoms with E-state index in [0.717, 1.165) is 0 Å². The fraction of sp³-hybridized carbons (Fsp3) is 0.636. The molecule has 5 nitrogen and oxygen atoms in total. The van der Waals surface area contributed by atoms with Crippen LogP contribution in [0.15, 0.2) is 12.2 Å². The second kappa shape index (κ2) is 6.66. The van der Waals surface area contributed by atoms with E-state index in [1.54, 1.807) is 23.9 Å². The van der Waals surface area contributed by atoms with E-state index in [1.807, 2.05) is 6.26 Å². The van der Waals surface area contributed by atoms with Crippen LogP contribution in [0.3, 0.4) is 0 Å². The average molecular weight is 258 g/mol. The molecule has 0 fully saturated rings. The number of carbonyl (C=O) groups is 2. The zero-order valence-electron chi connectivity index (χ0n) is 9.76. The van der Waals surface area contributed by atoms with Gasteiger partial charge in [0.25, 0.3) is 0 Å². The third-order valence-electron chi connectivity index (χ3n) is 2.68. The van der Waals surface area contributed by atoms with Gasteiger partial charge in [0.15, 0.2) is 0 Å². The molecule has 0 aromatic carbocycles. The summed E-state index contributed by atoms with van der Waals surface area (Å²) in [4.78, 5) is 22.7. The minimum Gasteiger partial charge on any atom is -0.480 e. The summed E-state index contributed by atoms with van der Waals surface area (Å²) in [5.74, 6) is -0.820. The van der Waals surface area contributed by atoms with Crippen molar-refractivity contribution in [2.24, 2.45) is 11.7 Å². The van der Waals surface area contributed by atoms with E-state index < -0.39 is 12.0 Å². The number of nitrogens with one attached hydrogen (secondary N) is 1. The molecule has 3 unspecified atom stereocenters. The van der Waals surface area contributed by atoms with Crippen molar-refractivity contribution in [1.29, 1.82) is 0 Å². The summed E-state index contributed by atoms with van der Waals surface area (Å²) in [6.07, 6.45) is 6.42. The number of hydrogen-bond acceptors (Lipinski definition) is 4. The monoisotopic (exact) mass is 258 g/mol. The van der Waals surface area contributed by atoms with Crippen molar-refractivity contribution in [3.63, 3.8) is 0 Å². The Morgan fingerprint density at radius 3 is 2.76 bits per heavy atom. The molecule has 1 amide bonds. The van der Waals surface area contributed by atoms with Crippen LogP contribution in [-0.2, 0) is 9.59 Å². The van der Waals surface area contributed by atoms with Crippen LogP contribution in [-0.4, -0.2) is 41.1 Å². The van der Waals surface area contributed by atoms with Gasteiger partial charge in [-0.1, -0.05) is 12.2 Å². The molecule has 0 saturated heterocycles. The third-order valence-corrected chi connectivity index (χ3v) is 3.32. The van der Waals surface area contributed by atoms with Crippen LogP contribution >= 0.6 is 11.8 Å². The van der Waals surface area contributed by atoms with Gasteiger partial charge in [-0.15, -0.1) is 0 Å². The van der Waals surface area contributed by atoms with Crippen LogP contribution in [0.25, 0.3) is 0 Å². The molecule has 17 heavy (non-hydrogen) atoms. The first-order valence-corrected chi connectivity index (χ1v) is 6.90. The lowest BCUT2D eigenvalue weighted by atomic mass is 10.1. The van der Waals surface area contributed by atoms with Gasteiger partial charge in [0.05, 0.1) is 5.92 Å². The van der Waals surface area contributed by atoms with Gasteiger partial charge < -0.3 is 16.2 Å². The largest absolute Gasteiger partial charge is 0.480 e. The van der Waals surface area contributed by atoms with Gasteiger partial charge in [-0.05, 0) is 24.9 Å². The molecule has 0 bridgehead atoms. The molecule has 0 aliphatic heterocycles. The van der Waals surface area contributed by atoms with Crippen molar-refractivity contribution in [3.05, 3.63) is 12.2 Å². The topological polar surface area (TPSA) is 92.4 Å². The van der Waals surface area contributed by atoms with Crippen LogP contribution in [0.4, 0.5) is 0 Å². The van der Waals surface area contributed by atoms with Crippen LogP contribution in [0.2, 0.25) is 0 Å². The van der Waals surface area contributed by atoms with E-state index >= 15 is 0 Å². The van der Waals surface area contributed by atoms with Crippen molar-refractivity contribution < 1.29 is 14.7 Å². The van der Waals surface area contributed by atoms with Crippen LogP contribution < -0.4 is 11.1 Å². The molecule has 0 radical (unpaired) electrons. The van der Waals surface area contributed by atoms with Crippen molar-refractivity contribution in [1.82, 2.24) is 5.32 Å². The Morgan fingerprint density at radius 2 is 2.29 bits per heavy atom. The standard InChI is InChI=1S/C11H18N2O3S/c1-17-5-4-9(11(15)16)13-10(14)7-2-3-8(12)6-7/h2-3,7-9H,4-6,12H2,1H3,(H,13,14)(H,15,16). The molecule has 0 spiro atoms. The summed E-state index contributed by atoms with van der Waals surface area (Å²) in [5.41, 5.74) is 5.65. The maximum absolute atomic E-state index is 11.8. The molecule has 96 valence electrons. The van der Waals surface area contributed by atoms with Gasteiger partial charge in [-0.25, -0.2) is 4.79 Å². The minimum atomic E-state index is -0.987. The molecule has 0 aromatic heterocycles. The SMILES string of the molecule is CSCCC(NC(=O)C1C=CC(N)C1)C(=O)O. The molecular formula is C11H18N2O3S. The second-order valence-electron chi connectivity index (χ2n) is 4.07. The number of nitrogens with two attached hydrogens (primary N) is 1. The van der Waals surface area contributed by atoms with Gasteiger partial charge in [-0.2, -0.15) is 11.8 Å². The first-order chi connectivity index (χ1) is 8.04. The van der Waals surface area contributed by atoms with Gasteiger partial charge in [0, 0.05) is 6.04 Å². The smallest absolute Gasteiger partial charge is 0.326 e. The van der Waals surface area contributed by atoms with E-state index in [1.165, 1.54) is 0 Å². The van der Waals surface area contributed by atoms with Crippen LogP contribution in [0.5, 0.6) is 0 Å². The number of amides is 1. The number of thioether (sulfide) groups is 1. The van der Waals surface area contributed by atoms with E-state index in [9.17, 15) is 9.59 Å². The zero-order chi connectivity index (χ0) is 12.8. The lowest BCUT2D eigenvalue weighted by Crippen LogP contribution is -2.43. The summed E-state index contributed by atoms with van der Waals surface area (Å²) >= 11 is 1.56. The molecule has 0 heterocycles. The molecule has 1 rings (SSSR count). The maximum Gasteiger partial charge on any atom is 0.326 e. The number of aliphatic carboxylic acids is 1. The first kappa shape index (κ1) is 14.1. The number of hydrogen-bond donors (Lipinski definition) is 3. The highest BCUT2D eigenvalue weighted by atomic mass is 32.2. The fourth-order valence-corrected chi connectivity index (χ4v) is 2.16. The number of carbonyl (C=O) groups excluding carboxylic acids is 1. The van der Waals surface area contributed by atoms with E-state index in [2.05, 4.69) is 5.32 Å². The third kappa shape index (κ3) is 4.40. The van der Waals surface area contributed by atoms with E-state index in [0.29, 0.717) is 18.6 Å². The molecular weight excluding hydrogens is 240 g/mol. The summed E-state index contributed by atoms with van der Waals surface area (Å²) in [6.45, 7) is 0. The highest BCUT2D eigenvalue weighted by molar-refractivity contribution is 7.98. The Bertz CT molecular complexity index is 320. The highest BCUT2D eigenvalue weighted by Gasteiger charge is 2.26. The minimum absolute atomic E-state index is 0.0970. The quantitative estimate of drug-likeness (QED) is 0.592. The van der Waals surface area contributed by atoms with Gasteiger partial charge in [0.1, 0.15) is 6.04 Å².